The van der Waals surface area contributed by atoms with Crippen molar-refractivity contribution in [3.05, 3.63) is 0 Å². The SMILES string of the molecule is CC(C)C1(C2CCOC3(CCSCC3)C2)CCCN1. The standard InChI is InChI=1S/C16H29NOS/c1-13(2)16(5-3-8-17-16)14-4-9-18-15(12-14)6-10-19-11-7-15/h13-14,17H,3-12H2,1-2H3. The van der Waals surface area contributed by atoms with E-state index in [2.05, 4.69) is 30.9 Å². The molecule has 2 unspecified atom stereocenters. The number of ether oxygens (including phenoxy) is 1. The van der Waals surface area contributed by atoms with Crippen LogP contribution in [0.25, 0.3) is 0 Å². The molecular weight excluding hydrogens is 254 g/mol. The molecule has 2 nitrogen and oxygen atoms in total. The molecule has 3 fully saturated rings. The van der Waals surface area contributed by atoms with Crippen molar-refractivity contribution in [2.45, 2.75) is 63.5 Å². The van der Waals surface area contributed by atoms with Crippen LogP contribution in [-0.4, -0.2) is 35.8 Å². The Bertz CT molecular complexity index is 300. The van der Waals surface area contributed by atoms with Crippen molar-refractivity contribution in [3.63, 3.8) is 0 Å². The van der Waals surface area contributed by atoms with Crippen LogP contribution in [0.1, 0.15) is 52.4 Å². The molecule has 0 aromatic rings. The van der Waals surface area contributed by atoms with Gasteiger partial charge in [0.15, 0.2) is 0 Å². The third-order valence-electron chi connectivity index (χ3n) is 5.88. The maximum atomic E-state index is 6.28. The van der Waals surface area contributed by atoms with E-state index >= 15 is 0 Å². The van der Waals surface area contributed by atoms with Crippen LogP contribution in [0.5, 0.6) is 0 Å². The molecule has 110 valence electrons. The van der Waals surface area contributed by atoms with Gasteiger partial charge >= 0.3 is 0 Å². The molecule has 3 rings (SSSR count). The lowest BCUT2D eigenvalue weighted by atomic mass is 9.67. The van der Waals surface area contributed by atoms with Gasteiger partial charge in [-0.3, -0.25) is 0 Å². The first kappa shape index (κ1) is 14.2. The van der Waals surface area contributed by atoms with Gasteiger partial charge in [0.25, 0.3) is 0 Å². The van der Waals surface area contributed by atoms with Gasteiger partial charge in [-0.25, -0.2) is 0 Å². The monoisotopic (exact) mass is 283 g/mol. The highest BCUT2D eigenvalue weighted by molar-refractivity contribution is 7.99. The van der Waals surface area contributed by atoms with Gasteiger partial charge in [0.2, 0.25) is 0 Å². The van der Waals surface area contributed by atoms with Crippen molar-refractivity contribution in [2.24, 2.45) is 11.8 Å². The number of hydrogen-bond donors (Lipinski definition) is 1. The van der Waals surface area contributed by atoms with Crippen LogP contribution in [0.4, 0.5) is 0 Å². The zero-order chi connectivity index (χ0) is 13.3. The van der Waals surface area contributed by atoms with E-state index in [0.29, 0.717) is 5.54 Å². The fourth-order valence-electron chi connectivity index (χ4n) is 4.66. The predicted molar refractivity (Wildman–Crippen MR) is 82.8 cm³/mol. The average Bonchev–Trinajstić information content (AvgIpc) is 2.90. The average molecular weight is 283 g/mol. The molecule has 2 atom stereocenters. The third-order valence-corrected chi connectivity index (χ3v) is 6.86. The molecule has 0 aromatic heterocycles. The Morgan fingerprint density at radius 2 is 2.00 bits per heavy atom. The van der Waals surface area contributed by atoms with Crippen molar-refractivity contribution in [2.75, 3.05) is 24.7 Å². The molecule has 3 heterocycles. The minimum atomic E-state index is 0.236. The van der Waals surface area contributed by atoms with Gasteiger partial charge in [0.05, 0.1) is 5.60 Å². The fraction of sp³-hybridized carbons (Fsp3) is 1.00. The van der Waals surface area contributed by atoms with Crippen molar-refractivity contribution >= 4 is 11.8 Å². The van der Waals surface area contributed by atoms with E-state index in [0.717, 1.165) is 18.4 Å². The largest absolute Gasteiger partial charge is 0.375 e. The Morgan fingerprint density at radius 1 is 1.21 bits per heavy atom. The van der Waals surface area contributed by atoms with Crippen LogP contribution < -0.4 is 5.32 Å². The van der Waals surface area contributed by atoms with Crippen LogP contribution in [0.15, 0.2) is 0 Å². The Balaban J connectivity index is 1.76. The van der Waals surface area contributed by atoms with Crippen molar-refractivity contribution in [1.29, 1.82) is 0 Å². The highest BCUT2D eigenvalue weighted by Gasteiger charge is 2.49. The predicted octanol–water partition coefficient (Wildman–Crippen LogP) is 3.46. The highest BCUT2D eigenvalue weighted by Crippen LogP contribution is 2.47. The zero-order valence-corrected chi connectivity index (χ0v) is 13.4. The number of rotatable bonds is 2. The minimum Gasteiger partial charge on any atom is -0.375 e. The van der Waals surface area contributed by atoms with Gasteiger partial charge in [-0.1, -0.05) is 13.8 Å². The number of thioether (sulfide) groups is 1. The number of hydrogen-bond acceptors (Lipinski definition) is 3. The van der Waals surface area contributed by atoms with Crippen LogP contribution in [-0.2, 0) is 4.74 Å². The second-order valence-electron chi connectivity index (χ2n) is 7.06. The smallest absolute Gasteiger partial charge is 0.0701 e. The van der Waals surface area contributed by atoms with Crippen molar-refractivity contribution in [3.8, 4) is 0 Å². The molecule has 0 bridgehead atoms. The molecule has 0 aliphatic carbocycles. The first-order chi connectivity index (χ1) is 9.17. The second kappa shape index (κ2) is 5.57. The number of nitrogens with one attached hydrogen (secondary N) is 1. The minimum absolute atomic E-state index is 0.236. The molecule has 0 radical (unpaired) electrons. The fourth-order valence-corrected chi connectivity index (χ4v) is 5.90. The normalized spacial score (nSPS) is 39.0. The third kappa shape index (κ3) is 2.58. The lowest BCUT2D eigenvalue weighted by molar-refractivity contribution is -0.119. The Hall–Kier alpha value is 0.270. The van der Waals surface area contributed by atoms with E-state index in [1.54, 1.807) is 0 Å². The Kier molecular flexibility index (Phi) is 4.17. The summed E-state index contributed by atoms with van der Waals surface area (Å²) in [4.78, 5) is 0. The lowest BCUT2D eigenvalue weighted by Crippen LogP contribution is -2.56. The first-order valence-electron chi connectivity index (χ1n) is 8.14. The Labute approximate surface area is 122 Å². The van der Waals surface area contributed by atoms with Crippen molar-refractivity contribution < 1.29 is 4.74 Å². The molecule has 0 amide bonds. The van der Waals surface area contributed by atoms with Crippen LogP contribution in [0.2, 0.25) is 0 Å². The van der Waals surface area contributed by atoms with E-state index in [4.69, 9.17) is 4.74 Å². The summed E-state index contributed by atoms with van der Waals surface area (Å²) >= 11 is 2.11. The maximum Gasteiger partial charge on any atom is 0.0701 e. The highest BCUT2D eigenvalue weighted by atomic mass is 32.2. The van der Waals surface area contributed by atoms with Gasteiger partial charge < -0.3 is 10.1 Å². The molecule has 3 heteroatoms. The molecule has 3 saturated heterocycles. The van der Waals surface area contributed by atoms with Gasteiger partial charge in [-0.15, -0.1) is 0 Å². The molecule has 0 saturated carbocycles. The molecular formula is C16H29NOS. The molecule has 0 aromatic carbocycles. The molecule has 19 heavy (non-hydrogen) atoms. The molecule has 1 spiro atoms. The zero-order valence-electron chi connectivity index (χ0n) is 12.5. The summed E-state index contributed by atoms with van der Waals surface area (Å²) in [7, 11) is 0. The van der Waals surface area contributed by atoms with Crippen LogP contribution >= 0.6 is 11.8 Å². The maximum absolute atomic E-state index is 6.28. The summed E-state index contributed by atoms with van der Waals surface area (Å²) < 4.78 is 6.28. The molecule has 3 aliphatic heterocycles. The van der Waals surface area contributed by atoms with E-state index in [1.165, 1.54) is 56.6 Å². The van der Waals surface area contributed by atoms with Gasteiger partial charge in [0, 0.05) is 12.1 Å². The summed E-state index contributed by atoms with van der Waals surface area (Å²) in [5.74, 6) is 4.17. The second-order valence-corrected chi connectivity index (χ2v) is 8.28. The van der Waals surface area contributed by atoms with E-state index in [-0.39, 0.29) is 5.60 Å². The topological polar surface area (TPSA) is 21.3 Å². The molecule has 3 aliphatic rings. The summed E-state index contributed by atoms with van der Waals surface area (Å²) in [6.45, 7) is 7.04. The summed E-state index contributed by atoms with van der Waals surface area (Å²) in [5.41, 5.74) is 0.641. The quantitative estimate of drug-likeness (QED) is 0.838. The summed E-state index contributed by atoms with van der Waals surface area (Å²) in [5, 5.41) is 3.90. The van der Waals surface area contributed by atoms with E-state index in [9.17, 15) is 0 Å². The Morgan fingerprint density at radius 3 is 2.63 bits per heavy atom. The summed E-state index contributed by atoms with van der Waals surface area (Å²) in [6, 6.07) is 0. The van der Waals surface area contributed by atoms with Crippen molar-refractivity contribution in [1.82, 2.24) is 5.32 Å². The first-order valence-corrected chi connectivity index (χ1v) is 9.29. The van der Waals surface area contributed by atoms with Crippen LogP contribution in [0, 0.1) is 11.8 Å². The van der Waals surface area contributed by atoms with Gasteiger partial charge in [-0.2, -0.15) is 11.8 Å². The van der Waals surface area contributed by atoms with E-state index in [1.807, 2.05) is 0 Å². The van der Waals surface area contributed by atoms with Gasteiger partial charge in [0.1, 0.15) is 0 Å². The van der Waals surface area contributed by atoms with Crippen LogP contribution in [0.3, 0.4) is 0 Å². The lowest BCUT2D eigenvalue weighted by Gasteiger charge is -2.50. The van der Waals surface area contributed by atoms with Gasteiger partial charge in [-0.05, 0) is 68.4 Å². The summed E-state index contributed by atoms with van der Waals surface area (Å²) in [6.07, 6.45) is 7.86. The molecule has 1 N–H and O–H groups in total. The van der Waals surface area contributed by atoms with E-state index < -0.39 is 0 Å².